The summed E-state index contributed by atoms with van der Waals surface area (Å²) in [5.41, 5.74) is 2.79. The molecule has 1 saturated heterocycles. The minimum absolute atomic E-state index is 0.103. The van der Waals surface area contributed by atoms with Crippen molar-refractivity contribution >= 4 is 11.3 Å². The quantitative estimate of drug-likeness (QED) is 0.798. The highest BCUT2D eigenvalue weighted by atomic mass is 32.1. The summed E-state index contributed by atoms with van der Waals surface area (Å²) >= 11 is 1.83. The summed E-state index contributed by atoms with van der Waals surface area (Å²) in [6.45, 7) is 6.12. The second-order valence-corrected chi connectivity index (χ2v) is 7.61. The van der Waals surface area contributed by atoms with Crippen LogP contribution in [0.4, 0.5) is 0 Å². The van der Waals surface area contributed by atoms with Crippen molar-refractivity contribution in [2.24, 2.45) is 0 Å². The van der Waals surface area contributed by atoms with Gasteiger partial charge in [-0.3, -0.25) is 4.90 Å². The number of likely N-dealkylation sites (tertiary alicyclic amines) is 1. The SMILES string of the molecule is CC[C@H](NCc1ccccc1CN1CCC(O)CC1)c1cccs1. The second-order valence-electron chi connectivity index (χ2n) is 6.63. The molecular formula is C20H28N2OS. The number of aliphatic hydroxyl groups excluding tert-OH is 1. The topological polar surface area (TPSA) is 35.5 Å². The minimum Gasteiger partial charge on any atom is -0.393 e. The molecule has 0 unspecified atom stereocenters. The van der Waals surface area contributed by atoms with Crippen molar-refractivity contribution in [1.29, 1.82) is 0 Å². The highest BCUT2D eigenvalue weighted by Gasteiger charge is 2.18. The predicted molar refractivity (Wildman–Crippen MR) is 101 cm³/mol. The first-order valence-corrected chi connectivity index (χ1v) is 9.88. The van der Waals surface area contributed by atoms with Gasteiger partial charge in [-0.2, -0.15) is 0 Å². The Bertz CT molecular complexity index is 606. The number of nitrogens with zero attached hydrogens (tertiary/aromatic N) is 1. The predicted octanol–water partition coefficient (Wildman–Crippen LogP) is 3.95. The molecule has 2 aromatic rings. The van der Waals surface area contributed by atoms with E-state index in [-0.39, 0.29) is 6.10 Å². The van der Waals surface area contributed by atoms with Gasteiger partial charge in [-0.15, -0.1) is 11.3 Å². The second kappa shape index (κ2) is 8.77. The van der Waals surface area contributed by atoms with Crippen LogP contribution >= 0.6 is 11.3 Å². The molecule has 0 aliphatic carbocycles. The van der Waals surface area contributed by atoms with Crippen molar-refractivity contribution in [3.63, 3.8) is 0 Å². The molecule has 4 heteroatoms. The van der Waals surface area contributed by atoms with Crippen LogP contribution in [0.5, 0.6) is 0 Å². The van der Waals surface area contributed by atoms with Gasteiger partial charge in [0.2, 0.25) is 0 Å². The lowest BCUT2D eigenvalue weighted by atomic mass is 10.0. The number of nitrogens with one attached hydrogen (secondary N) is 1. The molecule has 2 heterocycles. The fourth-order valence-corrected chi connectivity index (χ4v) is 4.26. The van der Waals surface area contributed by atoms with Gasteiger partial charge < -0.3 is 10.4 Å². The molecule has 1 aromatic heterocycles. The van der Waals surface area contributed by atoms with Gasteiger partial charge >= 0.3 is 0 Å². The lowest BCUT2D eigenvalue weighted by Gasteiger charge is -2.30. The fraction of sp³-hybridized carbons (Fsp3) is 0.500. The number of piperidine rings is 1. The molecule has 0 amide bonds. The number of benzene rings is 1. The van der Waals surface area contributed by atoms with Gasteiger partial charge in [0.1, 0.15) is 0 Å². The lowest BCUT2D eigenvalue weighted by molar-refractivity contribution is 0.0791. The van der Waals surface area contributed by atoms with Gasteiger partial charge in [0.15, 0.2) is 0 Å². The maximum Gasteiger partial charge on any atom is 0.0564 e. The summed E-state index contributed by atoms with van der Waals surface area (Å²) in [4.78, 5) is 3.88. The number of hydrogen-bond acceptors (Lipinski definition) is 4. The normalized spacial score (nSPS) is 17.9. The Kier molecular flexibility index (Phi) is 6.44. The first-order chi connectivity index (χ1) is 11.8. The van der Waals surface area contributed by atoms with Crippen LogP contribution in [0.3, 0.4) is 0 Å². The average molecular weight is 345 g/mol. The summed E-state index contributed by atoms with van der Waals surface area (Å²) in [7, 11) is 0. The maximum atomic E-state index is 9.67. The van der Waals surface area contributed by atoms with E-state index in [1.807, 2.05) is 11.3 Å². The van der Waals surface area contributed by atoms with Crippen LogP contribution in [0.25, 0.3) is 0 Å². The van der Waals surface area contributed by atoms with Gasteiger partial charge in [0, 0.05) is 37.1 Å². The van der Waals surface area contributed by atoms with Crippen molar-refractivity contribution in [3.8, 4) is 0 Å². The summed E-state index contributed by atoms with van der Waals surface area (Å²) < 4.78 is 0. The summed E-state index contributed by atoms with van der Waals surface area (Å²) in [6.07, 6.45) is 2.80. The number of thiophene rings is 1. The number of hydrogen-bond donors (Lipinski definition) is 2. The van der Waals surface area contributed by atoms with Crippen molar-refractivity contribution in [1.82, 2.24) is 10.2 Å². The molecular weight excluding hydrogens is 316 g/mol. The van der Waals surface area contributed by atoms with E-state index >= 15 is 0 Å². The van der Waals surface area contributed by atoms with E-state index in [9.17, 15) is 5.11 Å². The molecule has 24 heavy (non-hydrogen) atoms. The Morgan fingerprint density at radius 3 is 2.58 bits per heavy atom. The van der Waals surface area contributed by atoms with E-state index in [0.29, 0.717) is 6.04 Å². The van der Waals surface area contributed by atoms with E-state index < -0.39 is 0 Å². The fourth-order valence-electron chi connectivity index (χ4n) is 3.37. The lowest BCUT2D eigenvalue weighted by Crippen LogP contribution is -2.35. The van der Waals surface area contributed by atoms with Gasteiger partial charge in [-0.1, -0.05) is 37.3 Å². The summed E-state index contributed by atoms with van der Waals surface area (Å²) in [6, 6.07) is 13.5. The largest absolute Gasteiger partial charge is 0.393 e. The van der Waals surface area contributed by atoms with Crippen molar-refractivity contribution in [2.45, 2.75) is 51.4 Å². The van der Waals surface area contributed by atoms with Crippen molar-refractivity contribution in [3.05, 3.63) is 57.8 Å². The molecule has 130 valence electrons. The molecule has 0 spiro atoms. The van der Waals surface area contributed by atoms with E-state index in [0.717, 1.165) is 45.4 Å². The maximum absolute atomic E-state index is 9.67. The van der Waals surface area contributed by atoms with E-state index in [1.165, 1.54) is 16.0 Å². The highest BCUT2D eigenvalue weighted by molar-refractivity contribution is 7.10. The smallest absolute Gasteiger partial charge is 0.0564 e. The molecule has 1 atom stereocenters. The molecule has 1 fully saturated rings. The Morgan fingerprint density at radius 2 is 1.92 bits per heavy atom. The molecule has 1 aliphatic rings. The zero-order chi connectivity index (χ0) is 16.8. The molecule has 1 aliphatic heterocycles. The third kappa shape index (κ3) is 4.67. The monoisotopic (exact) mass is 344 g/mol. The summed E-state index contributed by atoms with van der Waals surface area (Å²) in [5.74, 6) is 0. The van der Waals surface area contributed by atoms with Crippen LogP contribution in [0, 0.1) is 0 Å². The molecule has 0 radical (unpaired) electrons. The van der Waals surface area contributed by atoms with E-state index in [2.05, 4.69) is 58.9 Å². The Morgan fingerprint density at radius 1 is 1.17 bits per heavy atom. The third-order valence-corrected chi connectivity index (χ3v) is 5.89. The molecule has 3 nitrogen and oxygen atoms in total. The zero-order valence-electron chi connectivity index (χ0n) is 14.4. The molecule has 1 aromatic carbocycles. The van der Waals surface area contributed by atoms with Crippen LogP contribution < -0.4 is 5.32 Å². The van der Waals surface area contributed by atoms with Crippen LogP contribution in [-0.2, 0) is 13.1 Å². The minimum atomic E-state index is -0.103. The zero-order valence-corrected chi connectivity index (χ0v) is 15.3. The summed E-state index contributed by atoms with van der Waals surface area (Å²) in [5, 5.41) is 15.6. The van der Waals surface area contributed by atoms with Gasteiger partial charge in [-0.25, -0.2) is 0 Å². The Hall–Kier alpha value is -1.20. The van der Waals surface area contributed by atoms with Crippen molar-refractivity contribution < 1.29 is 5.11 Å². The van der Waals surface area contributed by atoms with E-state index in [4.69, 9.17) is 0 Å². The Balaban J connectivity index is 1.61. The van der Waals surface area contributed by atoms with Gasteiger partial charge in [0.25, 0.3) is 0 Å². The highest BCUT2D eigenvalue weighted by Crippen LogP contribution is 2.23. The number of aliphatic hydroxyl groups is 1. The molecule has 3 rings (SSSR count). The standard InChI is InChI=1S/C20H28N2OS/c1-2-19(20-8-5-13-24-20)21-14-16-6-3-4-7-17(16)15-22-11-9-18(23)10-12-22/h3-8,13,18-19,21,23H,2,9-12,14-15H2,1H3/t19-/m0/s1. The van der Waals surface area contributed by atoms with Gasteiger partial charge in [-0.05, 0) is 41.8 Å². The van der Waals surface area contributed by atoms with Crippen LogP contribution in [0.2, 0.25) is 0 Å². The Labute approximate surface area is 149 Å². The third-order valence-electron chi connectivity index (χ3n) is 4.90. The number of rotatable bonds is 7. The molecule has 0 bridgehead atoms. The van der Waals surface area contributed by atoms with Crippen molar-refractivity contribution in [2.75, 3.05) is 13.1 Å². The van der Waals surface area contributed by atoms with Crippen LogP contribution in [0.15, 0.2) is 41.8 Å². The van der Waals surface area contributed by atoms with Crippen LogP contribution in [0.1, 0.15) is 48.2 Å². The first-order valence-electron chi connectivity index (χ1n) is 9.00. The average Bonchev–Trinajstić information content (AvgIpc) is 3.13. The van der Waals surface area contributed by atoms with Gasteiger partial charge in [0.05, 0.1) is 6.10 Å². The van der Waals surface area contributed by atoms with Crippen LogP contribution in [-0.4, -0.2) is 29.2 Å². The molecule has 0 saturated carbocycles. The first kappa shape index (κ1) is 17.6. The molecule has 2 N–H and O–H groups in total. The van der Waals surface area contributed by atoms with E-state index in [1.54, 1.807) is 0 Å².